The van der Waals surface area contributed by atoms with Gasteiger partial charge in [-0.2, -0.15) is 0 Å². The van der Waals surface area contributed by atoms with Gasteiger partial charge in [0.2, 0.25) is 10.0 Å². The fourth-order valence-electron chi connectivity index (χ4n) is 2.12. The van der Waals surface area contributed by atoms with Crippen LogP contribution < -0.4 is 10.5 Å². The highest BCUT2D eigenvalue weighted by molar-refractivity contribution is 7.89. The zero-order valence-corrected chi connectivity index (χ0v) is 14.0. The SMILES string of the molecule is CCc1ccc(S(=O)(=O)NC(CCO)C(C)(C)C)cc1N. The smallest absolute Gasteiger partial charge is 0.240 e. The first-order valence-electron chi connectivity index (χ1n) is 7.13. The molecule has 0 radical (unpaired) electrons. The Balaban J connectivity index is 3.07. The molecule has 1 rings (SSSR count). The molecule has 0 saturated carbocycles. The number of aliphatic hydroxyl groups is 1. The lowest BCUT2D eigenvalue weighted by Crippen LogP contribution is -2.44. The summed E-state index contributed by atoms with van der Waals surface area (Å²) in [5.74, 6) is 0. The van der Waals surface area contributed by atoms with Gasteiger partial charge in [-0.05, 0) is 36.0 Å². The Hall–Kier alpha value is -1.11. The number of hydrogen-bond donors (Lipinski definition) is 3. The van der Waals surface area contributed by atoms with Crippen LogP contribution in [-0.4, -0.2) is 26.2 Å². The number of nitrogens with one attached hydrogen (secondary N) is 1. The van der Waals surface area contributed by atoms with Crippen LogP contribution in [0, 0.1) is 5.41 Å². The van der Waals surface area contributed by atoms with Crippen molar-refractivity contribution in [2.45, 2.75) is 51.5 Å². The molecule has 21 heavy (non-hydrogen) atoms. The van der Waals surface area contributed by atoms with E-state index in [0.717, 1.165) is 12.0 Å². The number of nitrogens with two attached hydrogens (primary N) is 1. The molecule has 1 aromatic carbocycles. The topological polar surface area (TPSA) is 92.4 Å². The maximum atomic E-state index is 12.5. The minimum Gasteiger partial charge on any atom is -0.398 e. The summed E-state index contributed by atoms with van der Waals surface area (Å²) in [4.78, 5) is 0.157. The molecule has 5 nitrogen and oxygen atoms in total. The molecule has 0 fully saturated rings. The van der Waals surface area contributed by atoms with E-state index in [1.807, 2.05) is 27.7 Å². The van der Waals surface area contributed by atoms with Gasteiger partial charge >= 0.3 is 0 Å². The molecule has 1 aromatic rings. The second-order valence-electron chi connectivity index (χ2n) is 6.27. The van der Waals surface area contributed by atoms with Crippen LogP contribution in [0.5, 0.6) is 0 Å². The summed E-state index contributed by atoms with van der Waals surface area (Å²) in [6, 6.07) is 4.44. The van der Waals surface area contributed by atoms with Gasteiger partial charge in [-0.1, -0.05) is 33.8 Å². The van der Waals surface area contributed by atoms with Crippen LogP contribution in [0.15, 0.2) is 23.1 Å². The molecule has 0 aliphatic carbocycles. The van der Waals surface area contributed by atoms with E-state index in [1.54, 1.807) is 12.1 Å². The normalized spacial score (nSPS) is 14.1. The van der Waals surface area contributed by atoms with Crippen molar-refractivity contribution in [3.05, 3.63) is 23.8 Å². The summed E-state index contributed by atoms with van der Waals surface area (Å²) in [6.45, 7) is 7.70. The van der Waals surface area contributed by atoms with Crippen LogP contribution in [0.1, 0.15) is 39.7 Å². The van der Waals surface area contributed by atoms with Crippen LogP contribution in [0.4, 0.5) is 5.69 Å². The van der Waals surface area contributed by atoms with Gasteiger partial charge < -0.3 is 10.8 Å². The van der Waals surface area contributed by atoms with Crippen LogP contribution in [0.25, 0.3) is 0 Å². The predicted octanol–water partition coefficient (Wildman–Crippen LogP) is 1.91. The number of benzene rings is 1. The van der Waals surface area contributed by atoms with Gasteiger partial charge in [0.25, 0.3) is 0 Å². The fourth-order valence-corrected chi connectivity index (χ4v) is 3.63. The van der Waals surface area contributed by atoms with Crippen LogP contribution in [0.3, 0.4) is 0 Å². The number of sulfonamides is 1. The van der Waals surface area contributed by atoms with Crippen molar-refractivity contribution >= 4 is 15.7 Å². The number of rotatable bonds is 6. The molecule has 0 heterocycles. The van der Waals surface area contributed by atoms with Gasteiger partial charge in [0.15, 0.2) is 0 Å². The highest BCUT2D eigenvalue weighted by Gasteiger charge is 2.29. The largest absolute Gasteiger partial charge is 0.398 e. The molecule has 1 atom stereocenters. The van der Waals surface area contributed by atoms with E-state index in [-0.39, 0.29) is 23.0 Å². The molecule has 120 valence electrons. The number of anilines is 1. The Morgan fingerprint density at radius 1 is 1.33 bits per heavy atom. The van der Waals surface area contributed by atoms with Gasteiger partial charge in [0, 0.05) is 18.3 Å². The third kappa shape index (κ3) is 4.69. The summed E-state index contributed by atoms with van der Waals surface area (Å²) in [5.41, 5.74) is 6.99. The van der Waals surface area contributed by atoms with Crippen molar-refractivity contribution in [3.63, 3.8) is 0 Å². The van der Waals surface area contributed by atoms with Crippen molar-refractivity contribution in [3.8, 4) is 0 Å². The molecule has 4 N–H and O–H groups in total. The highest BCUT2D eigenvalue weighted by atomic mass is 32.2. The lowest BCUT2D eigenvalue weighted by Gasteiger charge is -2.30. The Morgan fingerprint density at radius 2 is 1.95 bits per heavy atom. The minimum atomic E-state index is -3.65. The molecule has 0 bridgehead atoms. The van der Waals surface area contributed by atoms with E-state index in [4.69, 9.17) is 10.8 Å². The van der Waals surface area contributed by atoms with Gasteiger partial charge in [0.05, 0.1) is 4.90 Å². The quantitative estimate of drug-likeness (QED) is 0.699. The molecule has 0 saturated heterocycles. The Kier molecular flexibility index (Phi) is 5.78. The van der Waals surface area contributed by atoms with Gasteiger partial charge in [-0.15, -0.1) is 0 Å². The third-order valence-corrected chi connectivity index (χ3v) is 5.04. The summed E-state index contributed by atoms with van der Waals surface area (Å²) in [7, 11) is -3.65. The molecule has 0 spiro atoms. The molecule has 0 aliphatic rings. The average molecular weight is 314 g/mol. The van der Waals surface area contributed by atoms with E-state index in [2.05, 4.69) is 4.72 Å². The second-order valence-corrected chi connectivity index (χ2v) is 7.98. The maximum Gasteiger partial charge on any atom is 0.240 e. The van der Waals surface area contributed by atoms with Crippen molar-refractivity contribution in [1.82, 2.24) is 4.72 Å². The van der Waals surface area contributed by atoms with E-state index in [1.165, 1.54) is 6.07 Å². The van der Waals surface area contributed by atoms with Gasteiger partial charge in [-0.25, -0.2) is 13.1 Å². The summed E-state index contributed by atoms with van der Waals surface area (Å²) < 4.78 is 27.6. The number of aliphatic hydroxyl groups excluding tert-OH is 1. The lowest BCUT2D eigenvalue weighted by atomic mass is 9.86. The molecule has 6 heteroatoms. The number of aryl methyl sites for hydroxylation is 1. The van der Waals surface area contributed by atoms with Gasteiger partial charge in [-0.3, -0.25) is 0 Å². The Labute approximate surface area is 127 Å². The van der Waals surface area contributed by atoms with E-state index in [0.29, 0.717) is 12.1 Å². The Morgan fingerprint density at radius 3 is 2.38 bits per heavy atom. The molecule has 0 aromatic heterocycles. The first kappa shape index (κ1) is 17.9. The first-order chi connectivity index (χ1) is 9.61. The molecule has 0 aliphatic heterocycles. The summed E-state index contributed by atoms with van der Waals surface area (Å²) in [6.07, 6.45) is 1.12. The van der Waals surface area contributed by atoms with Crippen molar-refractivity contribution in [1.29, 1.82) is 0 Å². The molecule has 0 amide bonds. The van der Waals surface area contributed by atoms with E-state index in [9.17, 15) is 8.42 Å². The average Bonchev–Trinajstić information content (AvgIpc) is 2.36. The lowest BCUT2D eigenvalue weighted by molar-refractivity contribution is 0.214. The molecule has 1 unspecified atom stereocenters. The summed E-state index contributed by atoms with van der Waals surface area (Å²) >= 11 is 0. The Bertz CT molecular complexity index is 577. The van der Waals surface area contributed by atoms with Gasteiger partial charge in [0.1, 0.15) is 0 Å². The van der Waals surface area contributed by atoms with E-state index >= 15 is 0 Å². The molecular formula is C15H26N2O3S. The standard InChI is InChI=1S/C15H26N2O3S/c1-5-11-6-7-12(10-13(11)16)21(19,20)17-14(8-9-18)15(2,3)4/h6-7,10,14,17-18H,5,8-9,16H2,1-4H3. The summed E-state index contributed by atoms with van der Waals surface area (Å²) in [5, 5.41) is 9.13. The monoisotopic (exact) mass is 314 g/mol. The van der Waals surface area contributed by atoms with Crippen LogP contribution in [-0.2, 0) is 16.4 Å². The third-order valence-electron chi connectivity index (χ3n) is 3.57. The first-order valence-corrected chi connectivity index (χ1v) is 8.61. The number of nitrogen functional groups attached to an aromatic ring is 1. The van der Waals surface area contributed by atoms with Crippen molar-refractivity contribution in [2.24, 2.45) is 5.41 Å². The van der Waals surface area contributed by atoms with Crippen LogP contribution in [0.2, 0.25) is 0 Å². The molecular weight excluding hydrogens is 288 g/mol. The maximum absolute atomic E-state index is 12.5. The van der Waals surface area contributed by atoms with Crippen LogP contribution >= 0.6 is 0 Å². The predicted molar refractivity (Wildman–Crippen MR) is 85.5 cm³/mol. The fraction of sp³-hybridized carbons (Fsp3) is 0.600. The van der Waals surface area contributed by atoms with Crippen molar-refractivity contribution < 1.29 is 13.5 Å². The van der Waals surface area contributed by atoms with E-state index < -0.39 is 10.0 Å². The highest BCUT2D eigenvalue weighted by Crippen LogP contribution is 2.25. The number of hydrogen-bond acceptors (Lipinski definition) is 4. The zero-order valence-electron chi connectivity index (χ0n) is 13.2. The minimum absolute atomic E-state index is 0.0681. The second kappa shape index (κ2) is 6.77. The zero-order chi connectivity index (χ0) is 16.3. The van der Waals surface area contributed by atoms with Crippen molar-refractivity contribution in [2.75, 3.05) is 12.3 Å².